The molecule has 0 aromatic carbocycles. The zero-order chi connectivity index (χ0) is 20.1. The Morgan fingerprint density at radius 2 is 2.04 bits per heavy atom. The smallest absolute Gasteiger partial charge is 0.254 e. The minimum atomic E-state index is -0.196. The van der Waals surface area contributed by atoms with Crippen LogP contribution in [0.2, 0.25) is 0 Å². The predicted octanol–water partition coefficient (Wildman–Crippen LogP) is 1.42. The van der Waals surface area contributed by atoms with Crippen molar-refractivity contribution >= 4 is 17.8 Å². The molecule has 1 N–H and O–H groups in total. The molecule has 2 amide bonds. The number of aromatic nitrogens is 2. The lowest BCUT2D eigenvalue weighted by molar-refractivity contribution is -0.134. The van der Waals surface area contributed by atoms with Gasteiger partial charge in [0.15, 0.2) is 0 Å². The maximum atomic E-state index is 12.8. The van der Waals surface area contributed by atoms with Crippen LogP contribution in [0.1, 0.15) is 54.1 Å². The second-order valence-corrected chi connectivity index (χ2v) is 7.86. The molecule has 1 aliphatic carbocycles. The largest absolute Gasteiger partial charge is 0.383 e. The van der Waals surface area contributed by atoms with Crippen LogP contribution in [-0.2, 0) is 9.53 Å². The number of likely N-dealkylation sites (tertiary alicyclic amines) is 1. The van der Waals surface area contributed by atoms with Crippen LogP contribution in [0.4, 0.5) is 5.95 Å². The molecule has 1 unspecified atom stereocenters. The van der Waals surface area contributed by atoms with Crippen LogP contribution < -0.4 is 10.2 Å². The third-order valence-corrected chi connectivity index (χ3v) is 5.63. The second kappa shape index (κ2) is 9.32. The van der Waals surface area contributed by atoms with E-state index in [9.17, 15) is 9.59 Å². The summed E-state index contributed by atoms with van der Waals surface area (Å²) >= 11 is 0. The quantitative estimate of drug-likeness (QED) is 0.710. The van der Waals surface area contributed by atoms with Gasteiger partial charge in [-0.2, -0.15) is 0 Å². The fourth-order valence-corrected chi connectivity index (χ4v) is 4.06. The van der Waals surface area contributed by atoms with Gasteiger partial charge in [0.1, 0.15) is 0 Å². The maximum absolute atomic E-state index is 12.8. The van der Waals surface area contributed by atoms with Gasteiger partial charge in [-0.25, -0.2) is 9.97 Å². The van der Waals surface area contributed by atoms with Crippen LogP contribution in [0.3, 0.4) is 0 Å². The third-order valence-electron chi connectivity index (χ3n) is 5.63. The minimum absolute atomic E-state index is 0.0511. The molecule has 1 saturated carbocycles. The lowest BCUT2D eigenvalue weighted by Crippen LogP contribution is -2.33. The molecule has 1 aromatic heterocycles. The highest BCUT2D eigenvalue weighted by Gasteiger charge is 2.35. The molecular weight excluding hydrogens is 358 g/mol. The lowest BCUT2D eigenvalue weighted by atomic mass is 9.99. The Labute approximate surface area is 166 Å². The predicted molar refractivity (Wildman–Crippen MR) is 106 cm³/mol. The van der Waals surface area contributed by atoms with E-state index in [0.29, 0.717) is 31.2 Å². The highest BCUT2D eigenvalue weighted by atomic mass is 16.5. The molecule has 0 radical (unpaired) electrons. The first-order valence-electron chi connectivity index (χ1n) is 10.1. The van der Waals surface area contributed by atoms with E-state index in [4.69, 9.17) is 4.74 Å². The number of carbonyl (C=O) groups is 2. The number of carbonyl (C=O) groups excluding carboxylic acids is 2. The number of hydrogen-bond donors (Lipinski definition) is 1. The first-order valence-corrected chi connectivity index (χ1v) is 10.1. The fourth-order valence-electron chi connectivity index (χ4n) is 4.06. The summed E-state index contributed by atoms with van der Waals surface area (Å²) < 4.78 is 5.00. The normalized spacial score (nSPS) is 19.8. The topological polar surface area (TPSA) is 87.7 Å². The number of amides is 2. The molecule has 0 bridgehead atoms. The summed E-state index contributed by atoms with van der Waals surface area (Å²) in [5.41, 5.74) is 1.22. The Hall–Kier alpha value is -2.22. The van der Waals surface area contributed by atoms with Crippen molar-refractivity contribution in [3.8, 4) is 0 Å². The number of methoxy groups -OCH3 is 1. The Morgan fingerprint density at radius 1 is 1.29 bits per heavy atom. The molecule has 1 aliphatic heterocycles. The van der Waals surface area contributed by atoms with Crippen molar-refractivity contribution in [3.63, 3.8) is 0 Å². The van der Waals surface area contributed by atoms with Gasteiger partial charge in [0, 0.05) is 58.9 Å². The van der Waals surface area contributed by atoms with Crippen molar-refractivity contribution < 1.29 is 14.3 Å². The Morgan fingerprint density at radius 3 is 2.71 bits per heavy atom. The zero-order valence-electron chi connectivity index (χ0n) is 17.1. The number of ether oxygens (including phenoxy) is 1. The molecule has 8 nitrogen and oxygen atoms in total. The molecular formula is C20H31N5O3. The molecule has 8 heteroatoms. The van der Waals surface area contributed by atoms with E-state index < -0.39 is 0 Å². The summed E-state index contributed by atoms with van der Waals surface area (Å²) in [4.78, 5) is 38.2. The van der Waals surface area contributed by atoms with Crippen LogP contribution >= 0.6 is 0 Å². The monoisotopic (exact) mass is 389 g/mol. The van der Waals surface area contributed by atoms with Gasteiger partial charge in [-0.05, 0) is 19.3 Å². The first-order chi connectivity index (χ1) is 13.5. The van der Waals surface area contributed by atoms with E-state index in [1.54, 1.807) is 13.3 Å². The van der Waals surface area contributed by atoms with Crippen molar-refractivity contribution in [2.45, 2.75) is 38.0 Å². The summed E-state index contributed by atoms with van der Waals surface area (Å²) in [5, 5.41) is 2.85. The maximum Gasteiger partial charge on any atom is 0.254 e. The van der Waals surface area contributed by atoms with Crippen LogP contribution in [0, 0.1) is 5.92 Å². The first kappa shape index (κ1) is 20.5. The number of anilines is 1. The minimum Gasteiger partial charge on any atom is -0.383 e. The number of nitrogens with zero attached hydrogens (tertiary/aromatic N) is 4. The van der Waals surface area contributed by atoms with E-state index in [0.717, 1.165) is 44.3 Å². The van der Waals surface area contributed by atoms with E-state index in [1.807, 2.05) is 23.9 Å². The van der Waals surface area contributed by atoms with E-state index in [-0.39, 0.29) is 23.7 Å². The number of rotatable bonds is 7. The zero-order valence-corrected chi connectivity index (χ0v) is 17.1. The Kier molecular flexibility index (Phi) is 6.83. The molecule has 2 heterocycles. The van der Waals surface area contributed by atoms with Gasteiger partial charge in [-0.3, -0.25) is 9.59 Å². The molecule has 1 saturated heterocycles. The van der Waals surface area contributed by atoms with Crippen LogP contribution in [0.15, 0.2) is 6.20 Å². The van der Waals surface area contributed by atoms with Gasteiger partial charge in [0.2, 0.25) is 11.9 Å². The van der Waals surface area contributed by atoms with Crippen molar-refractivity contribution in [1.29, 1.82) is 0 Å². The van der Waals surface area contributed by atoms with Gasteiger partial charge in [0.05, 0.1) is 17.9 Å². The summed E-state index contributed by atoms with van der Waals surface area (Å²) in [6.45, 7) is 2.23. The fraction of sp³-hybridized carbons (Fsp3) is 0.700. The summed E-state index contributed by atoms with van der Waals surface area (Å²) in [6, 6.07) is 0. The van der Waals surface area contributed by atoms with Crippen molar-refractivity contribution in [2.24, 2.45) is 5.92 Å². The van der Waals surface area contributed by atoms with Crippen molar-refractivity contribution in [2.75, 3.05) is 52.3 Å². The molecule has 2 fully saturated rings. The van der Waals surface area contributed by atoms with Gasteiger partial charge in [-0.15, -0.1) is 0 Å². The third kappa shape index (κ3) is 4.60. The van der Waals surface area contributed by atoms with Crippen molar-refractivity contribution in [1.82, 2.24) is 20.2 Å². The molecule has 3 rings (SSSR count). The van der Waals surface area contributed by atoms with Crippen LogP contribution in [-0.4, -0.2) is 74.1 Å². The summed E-state index contributed by atoms with van der Waals surface area (Å²) in [5.74, 6) is 0.878. The number of nitrogens with one attached hydrogen (secondary N) is 1. The van der Waals surface area contributed by atoms with Gasteiger partial charge < -0.3 is 19.9 Å². The Balaban J connectivity index is 1.77. The van der Waals surface area contributed by atoms with Gasteiger partial charge in [0.25, 0.3) is 5.91 Å². The molecule has 2 aliphatic rings. The average Bonchev–Trinajstić information content (AvgIpc) is 3.39. The molecule has 28 heavy (non-hydrogen) atoms. The van der Waals surface area contributed by atoms with Gasteiger partial charge in [-0.1, -0.05) is 12.8 Å². The second-order valence-electron chi connectivity index (χ2n) is 7.86. The van der Waals surface area contributed by atoms with Crippen LogP contribution in [0.5, 0.6) is 0 Å². The van der Waals surface area contributed by atoms with E-state index >= 15 is 0 Å². The highest BCUT2D eigenvalue weighted by Crippen LogP contribution is 2.33. The lowest BCUT2D eigenvalue weighted by Gasteiger charge is -2.21. The van der Waals surface area contributed by atoms with Crippen molar-refractivity contribution in [3.05, 3.63) is 17.5 Å². The summed E-state index contributed by atoms with van der Waals surface area (Å²) in [7, 11) is 5.35. The average molecular weight is 390 g/mol. The number of hydrogen-bond acceptors (Lipinski definition) is 6. The van der Waals surface area contributed by atoms with Gasteiger partial charge >= 0.3 is 0 Å². The molecule has 1 aromatic rings. The van der Waals surface area contributed by atoms with Crippen LogP contribution in [0.25, 0.3) is 0 Å². The molecule has 0 spiro atoms. The Bertz CT molecular complexity index is 703. The molecule has 154 valence electrons. The highest BCUT2D eigenvalue weighted by molar-refractivity contribution is 5.95. The van der Waals surface area contributed by atoms with E-state index in [2.05, 4.69) is 15.3 Å². The summed E-state index contributed by atoms with van der Waals surface area (Å²) in [6.07, 6.45) is 6.73. The standard InChI is InChI=1S/C20H31N5O3/c1-24(2)20-22-12-16(18(26)21-9-11-28-3)17(23-20)15-8-10-25(13-15)19(27)14-6-4-5-7-14/h12,14-15H,4-11,13H2,1-3H3,(H,21,26). The SMILES string of the molecule is COCCNC(=O)c1cnc(N(C)C)nc1C1CCN(C(=O)C2CCCC2)C1. The molecule has 1 atom stereocenters. The van der Waals surface area contributed by atoms with E-state index in [1.165, 1.54) is 0 Å².